The Labute approximate surface area is 116 Å². The third-order valence-corrected chi connectivity index (χ3v) is 3.08. The maximum Gasteiger partial charge on any atom is 0.119 e. The van der Waals surface area contributed by atoms with E-state index in [9.17, 15) is 0 Å². The van der Waals surface area contributed by atoms with Crippen LogP contribution in [0.1, 0.15) is 18.9 Å². The van der Waals surface area contributed by atoms with Crippen molar-refractivity contribution >= 4 is 0 Å². The summed E-state index contributed by atoms with van der Waals surface area (Å²) in [5.41, 5.74) is 6.93. The summed E-state index contributed by atoms with van der Waals surface area (Å²) in [6.45, 7) is 5.19. The van der Waals surface area contributed by atoms with Crippen LogP contribution in [0.5, 0.6) is 5.75 Å². The summed E-state index contributed by atoms with van der Waals surface area (Å²) >= 11 is 0. The van der Waals surface area contributed by atoms with Crippen LogP contribution in [0.25, 0.3) is 0 Å². The van der Waals surface area contributed by atoms with E-state index in [2.05, 4.69) is 24.1 Å². The minimum Gasteiger partial charge on any atom is -0.497 e. The predicted octanol–water partition coefficient (Wildman–Crippen LogP) is 1.88. The Hall–Kier alpha value is -1.10. The molecule has 1 rings (SSSR count). The Bertz CT molecular complexity index is 358. The molecule has 0 radical (unpaired) electrons. The van der Waals surface area contributed by atoms with Crippen LogP contribution in [-0.4, -0.2) is 44.9 Å². The van der Waals surface area contributed by atoms with Crippen LogP contribution < -0.4 is 10.5 Å². The second-order valence-electron chi connectivity index (χ2n) is 4.69. The van der Waals surface area contributed by atoms with Crippen LogP contribution in [0, 0.1) is 0 Å². The molecule has 0 amide bonds. The van der Waals surface area contributed by atoms with Gasteiger partial charge in [0.2, 0.25) is 0 Å². The minimum absolute atomic E-state index is 0.165. The summed E-state index contributed by atoms with van der Waals surface area (Å²) in [6, 6.07) is 8.16. The van der Waals surface area contributed by atoms with Gasteiger partial charge in [-0.15, -0.1) is 0 Å². The van der Waals surface area contributed by atoms with E-state index in [4.69, 9.17) is 15.2 Å². The lowest BCUT2D eigenvalue weighted by Gasteiger charge is -2.21. The van der Waals surface area contributed by atoms with Crippen molar-refractivity contribution in [1.82, 2.24) is 4.90 Å². The number of nitrogens with two attached hydrogens (primary N) is 1. The van der Waals surface area contributed by atoms with Crippen molar-refractivity contribution in [3.05, 3.63) is 29.8 Å². The molecule has 1 aromatic rings. The first-order valence-electron chi connectivity index (χ1n) is 6.82. The molecule has 2 N–H and O–H groups in total. The molecule has 0 aliphatic heterocycles. The number of nitrogens with zero attached hydrogens (tertiary/aromatic N) is 1. The van der Waals surface area contributed by atoms with Crippen molar-refractivity contribution < 1.29 is 9.47 Å². The smallest absolute Gasteiger partial charge is 0.119 e. The van der Waals surface area contributed by atoms with Crippen molar-refractivity contribution in [2.75, 3.05) is 33.9 Å². The van der Waals surface area contributed by atoms with Gasteiger partial charge in [-0.3, -0.25) is 0 Å². The highest BCUT2D eigenvalue weighted by molar-refractivity contribution is 5.28. The number of benzene rings is 1. The zero-order valence-electron chi connectivity index (χ0n) is 12.3. The minimum atomic E-state index is 0.165. The Balaban J connectivity index is 2.39. The average molecular weight is 266 g/mol. The third-order valence-electron chi connectivity index (χ3n) is 3.08. The number of methoxy groups -OCH3 is 1. The second kappa shape index (κ2) is 8.91. The number of ether oxygens (including phenoxy) is 2. The first-order valence-corrected chi connectivity index (χ1v) is 6.82. The predicted molar refractivity (Wildman–Crippen MR) is 78.4 cm³/mol. The first-order chi connectivity index (χ1) is 9.19. The average Bonchev–Trinajstić information content (AvgIpc) is 2.43. The van der Waals surface area contributed by atoms with Crippen molar-refractivity contribution in [2.24, 2.45) is 5.73 Å². The summed E-state index contributed by atoms with van der Waals surface area (Å²) in [5.74, 6) is 0.903. The number of hydrogen-bond acceptors (Lipinski definition) is 4. The summed E-state index contributed by atoms with van der Waals surface area (Å²) < 4.78 is 10.8. The fraction of sp³-hybridized carbons (Fsp3) is 0.600. The van der Waals surface area contributed by atoms with Crippen LogP contribution in [-0.2, 0) is 11.3 Å². The molecular weight excluding hydrogens is 240 g/mol. The standard InChI is InChI=1S/C15H26N2O2/c1-4-19-15(11-16)8-9-17(2)12-13-6-5-7-14(10-13)18-3/h5-7,10,15H,4,8-9,11-12,16H2,1-3H3. The Kier molecular flexibility index (Phi) is 7.48. The van der Waals surface area contributed by atoms with Crippen molar-refractivity contribution in [3.8, 4) is 5.75 Å². The summed E-state index contributed by atoms with van der Waals surface area (Å²) in [7, 11) is 3.80. The van der Waals surface area contributed by atoms with E-state index in [-0.39, 0.29) is 6.10 Å². The lowest BCUT2D eigenvalue weighted by Crippen LogP contribution is -2.29. The first kappa shape index (κ1) is 16.0. The summed E-state index contributed by atoms with van der Waals surface area (Å²) in [6.07, 6.45) is 1.13. The van der Waals surface area contributed by atoms with E-state index in [1.165, 1.54) is 5.56 Å². The molecule has 0 aromatic heterocycles. The molecule has 0 saturated heterocycles. The fourth-order valence-electron chi connectivity index (χ4n) is 2.03. The highest BCUT2D eigenvalue weighted by atomic mass is 16.5. The van der Waals surface area contributed by atoms with Gasteiger partial charge in [0.1, 0.15) is 5.75 Å². The molecule has 0 heterocycles. The van der Waals surface area contributed by atoms with Gasteiger partial charge in [-0.05, 0) is 38.1 Å². The molecule has 1 aromatic carbocycles. The molecule has 4 heteroatoms. The zero-order valence-corrected chi connectivity index (χ0v) is 12.3. The molecular formula is C15H26N2O2. The fourth-order valence-corrected chi connectivity index (χ4v) is 2.03. The largest absolute Gasteiger partial charge is 0.497 e. The van der Waals surface area contributed by atoms with E-state index in [0.717, 1.165) is 31.9 Å². The van der Waals surface area contributed by atoms with Gasteiger partial charge < -0.3 is 20.1 Å². The molecule has 0 aliphatic rings. The van der Waals surface area contributed by atoms with E-state index < -0.39 is 0 Å². The van der Waals surface area contributed by atoms with Crippen molar-refractivity contribution in [2.45, 2.75) is 26.0 Å². The summed E-state index contributed by atoms with van der Waals surface area (Å²) in [4.78, 5) is 2.27. The molecule has 0 bridgehead atoms. The van der Waals surface area contributed by atoms with Gasteiger partial charge >= 0.3 is 0 Å². The summed E-state index contributed by atoms with van der Waals surface area (Å²) in [5, 5.41) is 0. The van der Waals surface area contributed by atoms with Crippen LogP contribution >= 0.6 is 0 Å². The quantitative estimate of drug-likeness (QED) is 0.741. The SMILES string of the molecule is CCOC(CN)CCN(C)Cc1cccc(OC)c1. The number of rotatable bonds is 9. The van der Waals surface area contributed by atoms with Gasteiger partial charge in [0.15, 0.2) is 0 Å². The molecule has 0 aliphatic carbocycles. The van der Waals surface area contributed by atoms with Crippen LogP contribution in [0.4, 0.5) is 0 Å². The lowest BCUT2D eigenvalue weighted by atomic mass is 10.2. The van der Waals surface area contributed by atoms with Gasteiger partial charge in [0.25, 0.3) is 0 Å². The van der Waals surface area contributed by atoms with Gasteiger partial charge in [-0.25, -0.2) is 0 Å². The molecule has 108 valence electrons. The van der Waals surface area contributed by atoms with E-state index >= 15 is 0 Å². The molecule has 0 spiro atoms. The van der Waals surface area contributed by atoms with Gasteiger partial charge in [0.05, 0.1) is 13.2 Å². The van der Waals surface area contributed by atoms with Crippen LogP contribution in [0.3, 0.4) is 0 Å². The normalized spacial score (nSPS) is 12.7. The molecule has 19 heavy (non-hydrogen) atoms. The van der Waals surface area contributed by atoms with Gasteiger partial charge in [-0.1, -0.05) is 12.1 Å². The maximum absolute atomic E-state index is 5.68. The van der Waals surface area contributed by atoms with Crippen LogP contribution in [0.15, 0.2) is 24.3 Å². The molecule has 0 saturated carbocycles. The Morgan fingerprint density at radius 1 is 1.37 bits per heavy atom. The molecule has 0 fully saturated rings. The number of hydrogen-bond donors (Lipinski definition) is 1. The van der Waals surface area contributed by atoms with E-state index in [1.54, 1.807) is 7.11 Å². The molecule has 1 unspecified atom stereocenters. The lowest BCUT2D eigenvalue weighted by molar-refractivity contribution is 0.0558. The monoisotopic (exact) mass is 266 g/mol. The maximum atomic E-state index is 5.68. The van der Waals surface area contributed by atoms with Crippen LogP contribution in [0.2, 0.25) is 0 Å². The van der Waals surface area contributed by atoms with E-state index in [1.807, 2.05) is 19.1 Å². The van der Waals surface area contributed by atoms with Crippen molar-refractivity contribution in [3.63, 3.8) is 0 Å². The van der Waals surface area contributed by atoms with E-state index in [0.29, 0.717) is 6.54 Å². The molecule has 1 atom stereocenters. The highest BCUT2D eigenvalue weighted by Gasteiger charge is 2.08. The van der Waals surface area contributed by atoms with Gasteiger partial charge in [-0.2, -0.15) is 0 Å². The molecule has 4 nitrogen and oxygen atoms in total. The third kappa shape index (κ3) is 6.05. The zero-order chi connectivity index (χ0) is 14.1. The van der Waals surface area contributed by atoms with Gasteiger partial charge in [0, 0.05) is 26.2 Å². The Morgan fingerprint density at radius 3 is 2.79 bits per heavy atom. The topological polar surface area (TPSA) is 47.7 Å². The highest BCUT2D eigenvalue weighted by Crippen LogP contribution is 2.14. The second-order valence-corrected chi connectivity index (χ2v) is 4.69. The van der Waals surface area contributed by atoms with Crippen molar-refractivity contribution in [1.29, 1.82) is 0 Å². The Morgan fingerprint density at radius 2 is 2.16 bits per heavy atom.